The van der Waals surface area contributed by atoms with E-state index in [1.54, 1.807) is 4.57 Å². The fraction of sp³-hybridized carbons (Fsp3) is 0.294. The fourth-order valence-electron chi connectivity index (χ4n) is 2.59. The Morgan fingerprint density at radius 2 is 2.20 bits per heavy atom. The number of aromatic nitrogens is 4. The number of nitriles is 1. The largest absolute Gasteiger partial charge is 0.510 e. The van der Waals surface area contributed by atoms with Gasteiger partial charge in [-0.3, -0.25) is 0 Å². The maximum atomic E-state index is 10.4. The molecule has 1 aliphatic rings. The van der Waals surface area contributed by atoms with E-state index >= 15 is 0 Å². The number of hydrogen-bond acceptors (Lipinski definition) is 7. The minimum Gasteiger partial charge on any atom is -0.510 e. The van der Waals surface area contributed by atoms with Crippen molar-refractivity contribution in [3.05, 3.63) is 41.7 Å². The minimum atomic E-state index is -0.0583. The maximum absolute atomic E-state index is 10.4. The number of allylic oxidation sites excluding steroid dienone is 1. The van der Waals surface area contributed by atoms with Gasteiger partial charge in [0.05, 0.1) is 16.8 Å². The second-order valence-corrected chi connectivity index (χ2v) is 6.81. The Hall–Kier alpha value is -2.79. The summed E-state index contributed by atoms with van der Waals surface area (Å²) in [5.74, 6) is 1.59. The van der Waals surface area contributed by atoms with E-state index in [9.17, 15) is 10.4 Å². The number of imidazole rings is 1. The normalized spacial score (nSPS) is 15.2. The summed E-state index contributed by atoms with van der Waals surface area (Å²) < 4.78 is 7.35. The van der Waals surface area contributed by atoms with E-state index in [1.807, 2.05) is 31.3 Å². The van der Waals surface area contributed by atoms with Crippen LogP contribution < -0.4 is 0 Å². The molecule has 1 aliphatic carbocycles. The van der Waals surface area contributed by atoms with Crippen molar-refractivity contribution in [2.75, 3.05) is 5.75 Å². The number of para-hydroxylation sites is 2. The molecule has 0 saturated heterocycles. The van der Waals surface area contributed by atoms with E-state index in [0.29, 0.717) is 22.9 Å². The van der Waals surface area contributed by atoms with E-state index in [1.165, 1.54) is 11.8 Å². The molecule has 0 bridgehead atoms. The summed E-state index contributed by atoms with van der Waals surface area (Å²) in [5, 5.41) is 28.3. The summed E-state index contributed by atoms with van der Waals surface area (Å²) in [7, 11) is 1.82. The molecule has 0 spiro atoms. The molecule has 0 atom stereocenters. The molecule has 0 aliphatic heterocycles. The first-order chi connectivity index (χ1) is 12.2. The summed E-state index contributed by atoms with van der Waals surface area (Å²) >= 11 is 1.21. The minimum absolute atomic E-state index is 0.0583. The summed E-state index contributed by atoms with van der Waals surface area (Å²) in [4.78, 5) is 4.46. The number of aryl methyl sites for hydroxylation is 1. The van der Waals surface area contributed by atoms with Crippen LogP contribution >= 0.6 is 11.8 Å². The lowest BCUT2D eigenvalue weighted by Gasteiger charge is -2.04. The molecule has 0 unspecified atom stereocenters. The lowest BCUT2D eigenvalue weighted by molar-refractivity contribution is 0.408. The highest BCUT2D eigenvalue weighted by molar-refractivity contribution is 7.99. The molecular formula is C17H15N5O2S. The number of rotatable bonds is 5. The van der Waals surface area contributed by atoms with Gasteiger partial charge in [0.1, 0.15) is 17.4 Å². The Morgan fingerprint density at radius 1 is 1.40 bits per heavy atom. The second-order valence-electron chi connectivity index (χ2n) is 5.89. The van der Waals surface area contributed by atoms with Gasteiger partial charge in [0.25, 0.3) is 5.22 Å². The fourth-order valence-corrected chi connectivity index (χ4v) is 3.24. The Balaban J connectivity index is 1.58. The predicted molar refractivity (Wildman–Crippen MR) is 92.9 cm³/mol. The van der Waals surface area contributed by atoms with Crippen LogP contribution in [0.4, 0.5) is 0 Å². The highest BCUT2D eigenvalue weighted by Crippen LogP contribution is 2.40. The molecule has 2 heterocycles. The standard InChI is InChI=1S/C17H15N5O2S/c1-22-13-5-3-2-4-12(13)19-15(22)11(8-18)14(23)9-25-17-21-20-16(24-17)10-6-7-10/h2-5,10,23H,6-7,9H2,1H3/b14-11-. The molecule has 8 heteroatoms. The zero-order valence-corrected chi connectivity index (χ0v) is 14.3. The van der Waals surface area contributed by atoms with Gasteiger partial charge < -0.3 is 14.1 Å². The lowest BCUT2D eigenvalue weighted by Crippen LogP contribution is -2.00. The zero-order chi connectivity index (χ0) is 17.4. The molecule has 126 valence electrons. The van der Waals surface area contributed by atoms with Crippen LogP contribution in [0.25, 0.3) is 16.6 Å². The van der Waals surface area contributed by atoms with Crippen molar-refractivity contribution < 1.29 is 9.52 Å². The van der Waals surface area contributed by atoms with Crippen LogP contribution in [0.1, 0.15) is 30.5 Å². The quantitative estimate of drug-likeness (QED) is 0.426. The van der Waals surface area contributed by atoms with Crippen molar-refractivity contribution in [1.82, 2.24) is 19.7 Å². The molecule has 7 nitrogen and oxygen atoms in total. The van der Waals surface area contributed by atoms with E-state index in [2.05, 4.69) is 21.3 Å². The molecule has 25 heavy (non-hydrogen) atoms. The Labute approximate surface area is 148 Å². The second kappa shape index (κ2) is 6.26. The summed E-state index contributed by atoms with van der Waals surface area (Å²) in [6, 6.07) is 9.65. The van der Waals surface area contributed by atoms with E-state index in [4.69, 9.17) is 4.42 Å². The summed E-state index contributed by atoms with van der Waals surface area (Å²) in [6.07, 6.45) is 2.17. The smallest absolute Gasteiger partial charge is 0.277 e. The SMILES string of the molecule is Cn1c(/C(C#N)=C(\O)CSc2nnc(C3CC3)o2)nc2ccccc21. The van der Waals surface area contributed by atoms with Crippen LogP contribution in [0.15, 0.2) is 39.7 Å². The highest BCUT2D eigenvalue weighted by Gasteiger charge is 2.29. The summed E-state index contributed by atoms with van der Waals surface area (Å²) in [5.41, 5.74) is 1.82. The average Bonchev–Trinajstić information content (AvgIpc) is 3.28. The van der Waals surface area contributed by atoms with Crippen molar-refractivity contribution in [2.45, 2.75) is 24.0 Å². The third-order valence-corrected chi connectivity index (χ3v) is 4.92. The first-order valence-electron chi connectivity index (χ1n) is 7.87. The molecule has 2 aromatic heterocycles. The van der Waals surface area contributed by atoms with Gasteiger partial charge in [-0.15, -0.1) is 10.2 Å². The number of thioether (sulfide) groups is 1. The first kappa shape index (κ1) is 15.7. The number of benzene rings is 1. The molecule has 1 aromatic carbocycles. The van der Waals surface area contributed by atoms with Crippen molar-refractivity contribution in [3.63, 3.8) is 0 Å². The van der Waals surface area contributed by atoms with Crippen LogP contribution in [-0.4, -0.2) is 30.6 Å². The van der Waals surface area contributed by atoms with Gasteiger partial charge in [0.2, 0.25) is 5.89 Å². The Bertz CT molecular complexity index is 1010. The number of aliphatic hydroxyl groups is 1. The monoisotopic (exact) mass is 353 g/mol. The van der Waals surface area contributed by atoms with Crippen molar-refractivity contribution in [2.24, 2.45) is 7.05 Å². The van der Waals surface area contributed by atoms with E-state index in [-0.39, 0.29) is 17.1 Å². The van der Waals surface area contributed by atoms with Gasteiger partial charge in [-0.05, 0) is 25.0 Å². The molecule has 1 N–H and O–H groups in total. The van der Waals surface area contributed by atoms with Gasteiger partial charge in [-0.1, -0.05) is 23.9 Å². The number of fused-ring (bicyclic) bond motifs is 1. The van der Waals surface area contributed by atoms with Crippen molar-refractivity contribution >= 4 is 28.4 Å². The summed E-state index contributed by atoms with van der Waals surface area (Å²) in [6.45, 7) is 0. The van der Waals surface area contributed by atoms with E-state index < -0.39 is 0 Å². The molecule has 1 saturated carbocycles. The van der Waals surface area contributed by atoms with Crippen molar-refractivity contribution in [1.29, 1.82) is 5.26 Å². The molecule has 0 radical (unpaired) electrons. The van der Waals surface area contributed by atoms with Gasteiger partial charge in [0.15, 0.2) is 5.82 Å². The third-order valence-electron chi connectivity index (χ3n) is 4.09. The van der Waals surface area contributed by atoms with Crippen LogP contribution in [0.5, 0.6) is 0 Å². The average molecular weight is 353 g/mol. The molecule has 4 rings (SSSR count). The number of nitrogens with zero attached hydrogens (tertiary/aromatic N) is 5. The number of hydrogen-bond donors (Lipinski definition) is 1. The first-order valence-corrected chi connectivity index (χ1v) is 8.86. The van der Waals surface area contributed by atoms with Crippen LogP contribution in [0, 0.1) is 11.3 Å². The number of aliphatic hydroxyl groups excluding tert-OH is 1. The molecule has 3 aromatic rings. The van der Waals surface area contributed by atoms with E-state index in [0.717, 1.165) is 23.9 Å². The van der Waals surface area contributed by atoms with Gasteiger partial charge in [-0.2, -0.15) is 5.26 Å². The van der Waals surface area contributed by atoms with Gasteiger partial charge in [-0.25, -0.2) is 4.98 Å². The Morgan fingerprint density at radius 3 is 2.92 bits per heavy atom. The molecule has 1 fully saturated rings. The predicted octanol–water partition coefficient (Wildman–Crippen LogP) is 3.42. The van der Waals surface area contributed by atoms with Gasteiger partial charge in [0, 0.05) is 13.0 Å². The maximum Gasteiger partial charge on any atom is 0.277 e. The van der Waals surface area contributed by atoms with Crippen LogP contribution in [0.2, 0.25) is 0 Å². The topological polar surface area (TPSA) is 101 Å². The molecule has 0 amide bonds. The van der Waals surface area contributed by atoms with Crippen molar-refractivity contribution in [3.8, 4) is 6.07 Å². The lowest BCUT2D eigenvalue weighted by atomic mass is 10.2. The zero-order valence-electron chi connectivity index (χ0n) is 13.5. The van der Waals surface area contributed by atoms with Crippen LogP contribution in [0.3, 0.4) is 0 Å². The van der Waals surface area contributed by atoms with Gasteiger partial charge >= 0.3 is 0 Å². The Kier molecular flexibility index (Phi) is 3.93. The molecular weight excluding hydrogens is 338 g/mol. The third kappa shape index (κ3) is 2.98. The highest BCUT2D eigenvalue weighted by atomic mass is 32.2. The van der Waals surface area contributed by atoms with Crippen LogP contribution in [-0.2, 0) is 7.05 Å².